The highest BCUT2D eigenvalue weighted by atomic mass is 127. The lowest BCUT2D eigenvalue weighted by molar-refractivity contribution is -0.0504. The van der Waals surface area contributed by atoms with Crippen molar-refractivity contribution in [1.82, 2.24) is 20.4 Å². The van der Waals surface area contributed by atoms with Crippen molar-refractivity contribution in [2.24, 2.45) is 12.0 Å². The van der Waals surface area contributed by atoms with Gasteiger partial charge in [-0.25, -0.2) is 0 Å². The van der Waals surface area contributed by atoms with E-state index < -0.39 is 6.61 Å². The number of halogens is 4. The minimum atomic E-state index is -2.87. The summed E-state index contributed by atoms with van der Waals surface area (Å²) < 4.78 is 32.3. The number of hydrogen-bond acceptors (Lipinski definition) is 3. The fraction of sp³-hybridized carbons (Fsp3) is 0.412. The van der Waals surface area contributed by atoms with Gasteiger partial charge >= 0.3 is 6.61 Å². The van der Waals surface area contributed by atoms with Gasteiger partial charge in [0.2, 0.25) is 0 Å². The van der Waals surface area contributed by atoms with Crippen molar-refractivity contribution in [2.75, 3.05) is 7.05 Å². The molecule has 2 aromatic rings. The van der Waals surface area contributed by atoms with E-state index in [1.54, 1.807) is 19.2 Å². The maximum absolute atomic E-state index is 12.6. The molecule has 0 aliphatic heterocycles. The fourth-order valence-electron chi connectivity index (χ4n) is 2.54. The number of aromatic nitrogens is 2. The van der Waals surface area contributed by atoms with Gasteiger partial charge in [0.15, 0.2) is 5.96 Å². The number of hydrogen-bond donors (Lipinski definition) is 2. The van der Waals surface area contributed by atoms with Crippen molar-refractivity contribution in [3.8, 4) is 5.75 Å². The first kappa shape index (κ1) is 23.6. The number of aryl methyl sites for hydroxylation is 2. The van der Waals surface area contributed by atoms with Crippen LogP contribution in [0.15, 0.2) is 27.7 Å². The Kier molecular flexibility index (Phi) is 9.43. The van der Waals surface area contributed by atoms with Crippen LogP contribution in [0.4, 0.5) is 8.78 Å². The molecule has 0 spiro atoms. The molecule has 0 bridgehead atoms. The topological polar surface area (TPSA) is 63.5 Å². The van der Waals surface area contributed by atoms with Crippen LogP contribution in [0.3, 0.4) is 0 Å². The summed E-state index contributed by atoms with van der Waals surface area (Å²) in [6, 6.07) is 4.89. The molecule has 0 atom stereocenters. The maximum Gasteiger partial charge on any atom is 0.387 e. The van der Waals surface area contributed by atoms with Gasteiger partial charge in [0.1, 0.15) is 5.75 Å². The zero-order valence-corrected chi connectivity index (χ0v) is 19.4. The predicted molar refractivity (Wildman–Crippen MR) is 116 cm³/mol. The van der Waals surface area contributed by atoms with E-state index in [0.29, 0.717) is 18.1 Å². The first-order chi connectivity index (χ1) is 12.3. The molecule has 0 aliphatic rings. The molecule has 0 radical (unpaired) electrons. The number of aliphatic imine (C=N–C) groups is 1. The Morgan fingerprint density at radius 1 is 1.30 bits per heavy atom. The highest BCUT2D eigenvalue weighted by Gasteiger charge is 2.12. The van der Waals surface area contributed by atoms with Crippen molar-refractivity contribution in [1.29, 1.82) is 0 Å². The van der Waals surface area contributed by atoms with E-state index in [0.717, 1.165) is 21.4 Å². The molecule has 0 fully saturated rings. The minimum Gasteiger partial charge on any atom is -0.434 e. The molecular formula is C17H23BrF2IN5O. The number of nitrogens with zero attached hydrogens (tertiary/aromatic N) is 3. The van der Waals surface area contributed by atoms with E-state index in [4.69, 9.17) is 0 Å². The molecule has 2 rings (SSSR count). The number of rotatable bonds is 6. The molecule has 27 heavy (non-hydrogen) atoms. The van der Waals surface area contributed by atoms with Gasteiger partial charge in [-0.1, -0.05) is 15.9 Å². The Hall–Kier alpha value is -1.43. The first-order valence-electron chi connectivity index (χ1n) is 7.98. The van der Waals surface area contributed by atoms with Gasteiger partial charge in [-0.2, -0.15) is 13.9 Å². The Bertz CT molecular complexity index is 798. The molecule has 6 nitrogen and oxygen atoms in total. The number of alkyl halides is 2. The molecule has 0 saturated heterocycles. The SMILES string of the molecule is CN=C(NCc1cc(Br)ccc1OC(F)F)NCc1c(C)nn(C)c1C.I. The molecule has 0 aliphatic carbocycles. The van der Waals surface area contributed by atoms with Crippen LogP contribution in [0.5, 0.6) is 5.75 Å². The second-order valence-electron chi connectivity index (χ2n) is 5.68. The average Bonchev–Trinajstić information content (AvgIpc) is 2.82. The van der Waals surface area contributed by atoms with E-state index in [-0.39, 0.29) is 36.3 Å². The smallest absolute Gasteiger partial charge is 0.387 e. The number of ether oxygens (including phenoxy) is 1. The summed E-state index contributed by atoms with van der Waals surface area (Å²) in [5.74, 6) is 0.681. The number of nitrogens with one attached hydrogen (secondary N) is 2. The summed E-state index contributed by atoms with van der Waals surface area (Å²) in [7, 11) is 3.55. The number of benzene rings is 1. The fourth-order valence-corrected chi connectivity index (χ4v) is 2.95. The molecule has 1 heterocycles. The minimum absolute atomic E-state index is 0. The zero-order chi connectivity index (χ0) is 19.3. The van der Waals surface area contributed by atoms with Crippen molar-refractivity contribution >= 4 is 45.9 Å². The van der Waals surface area contributed by atoms with E-state index in [1.165, 1.54) is 6.07 Å². The maximum atomic E-state index is 12.6. The lowest BCUT2D eigenvalue weighted by Gasteiger charge is -2.15. The van der Waals surface area contributed by atoms with Crippen LogP contribution < -0.4 is 15.4 Å². The number of guanidine groups is 1. The monoisotopic (exact) mass is 557 g/mol. The highest BCUT2D eigenvalue weighted by Crippen LogP contribution is 2.24. The second kappa shape index (κ2) is 10.8. The summed E-state index contributed by atoms with van der Waals surface area (Å²) >= 11 is 3.34. The van der Waals surface area contributed by atoms with Gasteiger partial charge in [0, 0.05) is 48.5 Å². The van der Waals surface area contributed by atoms with Crippen LogP contribution >= 0.6 is 39.9 Å². The van der Waals surface area contributed by atoms with Gasteiger partial charge in [0.05, 0.1) is 5.69 Å². The standard InChI is InChI=1S/C17H22BrF2N5O.HI/c1-10-14(11(2)25(4)24-10)9-23-17(21-3)22-8-12-7-13(18)5-6-15(12)26-16(19)20;/h5-7,16H,8-9H2,1-4H3,(H2,21,22,23);1H. The molecule has 2 N–H and O–H groups in total. The highest BCUT2D eigenvalue weighted by molar-refractivity contribution is 14.0. The summed E-state index contributed by atoms with van der Waals surface area (Å²) in [5.41, 5.74) is 3.72. The second-order valence-corrected chi connectivity index (χ2v) is 6.60. The Labute approximate surface area is 182 Å². The molecule has 150 valence electrons. The van der Waals surface area contributed by atoms with E-state index in [9.17, 15) is 8.78 Å². The molecule has 1 aromatic carbocycles. The lowest BCUT2D eigenvalue weighted by Crippen LogP contribution is -2.36. The Morgan fingerprint density at radius 3 is 2.52 bits per heavy atom. The zero-order valence-electron chi connectivity index (χ0n) is 15.5. The van der Waals surface area contributed by atoms with Gasteiger partial charge in [0.25, 0.3) is 0 Å². The van der Waals surface area contributed by atoms with Gasteiger partial charge in [-0.15, -0.1) is 24.0 Å². The van der Waals surface area contributed by atoms with E-state index >= 15 is 0 Å². The third kappa shape index (κ3) is 6.59. The molecule has 10 heteroatoms. The third-order valence-corrected chi connectivity index (χ3v) is 4.49. The molecule has 1 aromatic heterocycles. The third-order valence-electron chi connectivity index (χ3n) is 4.00. The molecule has 0 saturated carbocycles. The van der Waals surface area contributed by atoms with Gasteiger partial charge in [-0.3, -0.25) is 9.67 Å². The van der Waals surface area contributed by atoms with Crippen LogP contribution in [-0.4, -0.2) is 29.4 Å². The van der Waals surface area contributed by atoms with Gasteiger partial charge < -0.3 is 15.4 Å². The summed E-state index contributed by atoms with van der Waals surface area (Å²) in [6.07, 6.45) is 0. The summed E-state index contributed by atoms with van der Waals surface area (Å²) in [5, 5.41) is 10.7. The lowest BCUT2D eigenvalue weighted by atomic mass is 10.2. The Balaban J connectivity index is 0.00000364. The molecule has 0 amide bonds. The van der Waals surface area contributed by atoms with Crippen LogP contribution in [0, 0.1) is 13.8 Å². The molecular weight excluding hydrogens is 535 g/mol. The van der Waals surface area contributed by atoms with Crippen molar-refractivity contribution in [3.63, 3.8) is 0 Å². The average molecular weight is 558 g/mol. The quantitative estimate of drug-likeness (QED) is 0.321. The normalized spacial score (nSPS) is 11.3. The van der Waals surface area contributed by atoms with Gasteiger partial charge in [-0.05, 0) is 32.0 Å². The predicted octanol–water partition coefficient (Wildman–Crippen LogP) is 3.88. The summed E-state index contributed by atoms with van der Waals surface area (Å²) in [6.45, 7) is 1.93. The van der Waals surface area contributed by atoms with E-state index in [2.05, 4.69) is 41.4 Å². The van der Waals surface area contributed by atoms with Crippen LogP contribution in [-0.2, 0) is 20.1 Å². The first-order valence-corrected chi connectivity index (χ1v) is 8.78. The van der Waals surface area contributed by atoms with Crippen LogP contribution in [0.1, 0.15) is 22.5 Å². The largest absolute Gasteiger partial charge is 0.434 e. The summed E-state index contributed by atoms with van der Waals surface area (Å²) in [4.78, 5) is 4.16. The molecule has 0 unspecified atom stereocenters. The van der Waals surface area contributed by atoms with Crippen LogP contribution in [0.2, 0.25) is 0 Å². The Morgan fingerprint density at radius 2 is 1.96 bits per heavy atom. The van der Waals surface area contributed by atoms with Crippen LogP contribution in [0.25, 0.3) is 0 Å². The van der Waals surface area contributed by atoms with Crippen molar-refractivity contribution in [2.45, 2.75) is 33.5 Å². The van der Waals surface area contributed by atoms with Crippen molar-refractivity contribution < 1.29 is 13.5 Å². The van der Waals surface area contributed by atoms with Crippen molar-refractivity contribution in [3.05, 3.63) is 45.2 Å². The van der Waals surface area contributed by atoms with E-state index in [1.807, 2.05) is 25.6 Å².